The van der Waals surface area contributed by atoms with Gasteiger partial charge in [0.15, 0.2) is 10.8 Å². The molecule has 1 unspecified atom stereocenters. The van der Waals surface area contributed by atoms with Crippen LogP contribution in [0.5, 0.6) is 0 Å². The van der Waals surface area contributed by atoms with Crippen molar-refractivity contribution in [3.63, 3.8) is 0 Å². The predicted molar refractivity (Wildman–Crippen MR) is 173 cm³/mol. The Kier molecular flexibility index (Phi) is 14.2. The van der Waals surface area contributed by atoms with Gasteiger partial charge in [0.25, 0.3) is 0 Å². The number of piperidine rings is 1. The Bertz CT molecular complexity index is 1310. The quantitative estimate of drug-likeness (QED) is 0.215. The monoisotopic (exact) mass is 646 g/mol. The lowest BCUT2D eigenvalue weighted by Gasteiger charge is -2.42. The van der Waals surface area contributed by atoms with Gasteiger partial charge in [-0.1, -0.05) is 6.92 Å². The lowest BCUT2D eigenvalue weighted by molar-refractivity contribution is -0.131. The number of nitrogens with one attached hydrogen (secondary N) is 2. The number of nitrogens with zero attached hydrogens (tertiary/aromatic N) is 6. The largest absolute Gasteiger partial charge is 0.444 e. The van der Waals surface area contributed by atoms with Crippen LogP contribution < -0.4 is 15.5 Å². The van der Waals surface area contributed by atoms with Crippen LogP contribution in [0.3, 0.4) is 0 Å². The number of alkyl carbamates (subject to hydrolysis) is 1. The highest BCUT2D eigenvalue weighted by Gasteiger charge is 2.32. The third kappa shape index (κ3) is 11.4. The summed E-state index contributed by atoms with van der Waals surface area (Å²) in [6.45, 7) is 12.2. The summed E-state index contributed by atoms with van der Waals surface area (Å²) < 4.78 is 23.5. The van der Waals surface area contributed by atoms with Crippen molar-refractivity contribution in [2.75, 3.05) is 77.8 Å². The number of carbonyl (C=O) groups excluding carboxylic acids is 2. The first-order valence-corrected chi connectivity index (χ1v) is 15.6. The van der Waals surface area contributed by atoms with Crippen LogP contribution in [-0.4, -0.2) is 121 Å². The molecule has 1 fully saturated rings. The fourth-order valence-corrected chi connectivity index (χ4v) is 5.15. The smallest absolute Gasteiger partial charge is 0.407 e. The highest BCUT2D eigenvalue weighted by molar-refractivity contribution is 7.80. The summed E-state index contributed by atoms with van der Waals surface area (Å²) in [7, 11) is 1.98. The fourth-order valence-electron chi connectivity index (χ4n) is 4.90. The van der Waals surface area contributed by atoms with E-state index in [1.807, 2.05) is 50.7 Å². The summed E-state index contributed by atoms with van der Waals surface area (Å²) in [5.74, 6) is 0.969. The number of aromatic nitrogens is 3. The van der Waals surface area contributed by atoms with Crippen LogP contribution in [0.1, 0.15) is 40.5 Å². The average molecular weight is 647 g/mol. The number of likely N-dealkylation sites (N-methyl/N-ethyl adjacent to an activating group) is 1. The number of hydrogen-bond acceptors (Lipinski definition) is 11. The van der Waals surface area contributed by atoms with E-state index in [1.54, 1.807) is 4.90 Å². The van der Waals surface area contributed by atoms with Crippen molar-refractivity contribution in [3.8, 4) is 6.07 Å². The number of anilines is 1. The molecule has 15 heteroatoms. The third-order valence-electron chi connectivity index (χ3n) is 7.19. The van der Waals surface area contributed by atoms with Crippen LogP contribution in [0.2, 0.25) is 0 Å². The summed E-state index contributed by atoms with van der Waals surface area (Å²) >= 11 is 5.62. The van der Waals surface area contributed by atoms with Gasteiger partial charge in [0.1, 0.15) is 24.2 Å². The second kappa shape index (κ2) is 17.8. The van der Waals surface area contributed by atoms with Gasteiger partial charge in [0, 0.05) is 39.4 Å². The first-order valence-electron chi connectivity index (χ1n) is 15.2. The Morgan fingerprint density at radius 2 is 1.73 bits per heavy atom. The number of nitriles is 1. The SMILES string of the molecule is C[C@@H]1CCN(C(=O)CC#N)CC1N(C)c1ncnc2c1ccn2C(=S)NCCOCCOCCOCCNC(=O)OC(C)(C)C. The summed E-state index contributed by atoms with van der Waals surface area (Å²) in [6.07, 6.45) is 3.67. The standard InChI is InChI=1S/C30H46N8O6S/c1-22-7-12-37(25(39)6-9-31)20-24(22)36(5)26-23-8-13-38(27(23)35-21-34-26)28(45)32-10-14-41-16-18-43-19-17-42-15-11-33-29(40)44-30(2,3)4/h8,13,21-22,24H,6-7,10-12,14-20H2,1-5H3,(H,32,45)(H,33,40)/t22-,24?/m1/s1. The van der Waals surface area contributed by atoms with E-state index in [4.69, 9.17) is 36.4 Å². The molecule has 0 spiro atoms. The van der Waals surface area contributed by atoms with Gasteiger partial charge in [-0.25, -0.2) is 14.8 Å². The van der Waals surface area contributed by atoms with E-state index in [0.29, 0.717) is 82.5 Å². The predicted octanol–water partition coefficient (Wildman–Crippen LogP) is 2.32. The molecule has 2 atom stereocenters. The molecule has 2 aromatic rings. The lowest BCUT2D eigenvalue weighted by Crippen LogP contribution is -2.52. The second-order valence-corrected chi connectivity index (χ2v) is 12.1. The van der Waals surface area contributed by atoms with Crippen molar-refractivity contribution < 1.29 is 28.5 Å². The number of carbonyl (C=O) groups is 2. The number of amides is 2. The van der Waals surface area contributed by atoms with Gasteiger partial charge < -0.3 is 39.4 Å². The van der Waals surface area contributed by atoms with Crippen LogP contribution in [0.25, 0.3) is 11.0 Å². The van der Waals surface area contributed by atoms with Gasteiger partial charge in [0.05, 0.1) is 57.1 Å². The summed E-state index contributed by atoms with van der Waals surface area (Å²) in [5.41, 5.74) is 0.156. The molecule has 3 heterocycles. The minimum absolute atomic E-state index is 0.0506. The molecule has 2 N–H and O–H groups in total. The topological polar surface area (TPSA) is 156 Å². The highest BCUT2D eigenvalue weighted by atomic mass is 32.1. The molecule has 0 aromatic carbocycles. The molecule has 14 nitrogen and oxygen atoms in total. The molecule has 2 amide bonds. The fraction of sp³-hybridized carbons (Fsp3) is 0.667. The minimum Gasteiger partial charge on any atom is -0.444 e. The zero-order chi connectivity index (χ0) is 32.8. The molecule has 0 saturated carbocycles. The molecule has 45 heavy (non-hydrogen) atoms. The van der Waals surface area contributed by atoms with Crippen molar-refractivity contribution in [2.45, 2.75) is 52.2 Å². The van der Waals surface area contributed by atoms with Gasteiger partial charge in [-0.15, -0.1) is 0 Å². The van der Waals surface area contributed by atoms with Crippen molar-refractivity contribution in [1.82, 2.24) is 30.1 Å². The van der Waals surface area contributed by atoms with Crippen LogP contribution in [-0.2, 0) is 23.7 Å². The van der Waals surface area contributed by atoms with E-state index in [9.17, 15) is 9.59 Å². The van der Waals surface area contributed by atoms with Crippen molar-refractivity contribution >= 4 is 46.2 Å². The van der Waals surface area contributed by atoms with Gasteiger partial charge in [-0.3, -0.25) is 9.36 Å². The number of hydrogen-bond donors (Lipinski definition) is 2. The Balaban J connectivity index is 1.34. The third-order valence-corrected chi connectivity index (χ3v) is 7.53. The molecule has 1 aliphatic rings. The zero-order valence-electron chi connectivity index (χ0n) is 26.9. The first-order chi connectivity index (χ1) is 21.5. The number of thiocarbonyl (C=S) groups is 1. The van der Waals surface area contributed by atoms with Gasteiger partial charge in [0.2, 0.25) is 5.91 Å². The van der Waals surface area contributed by atoms with Crippen molar-refractivity contribution in [3.05, 3.63) is 18.6 Å². The molecule has 1 saturated heterocycles. The molecule has 3 rings (SSSR count). The summed E-state index contributed by atoms with van der Waals surface area (Å²) in [6, 6.07) is 3.95. The van der Waals surface area contributed by atoms with Crippen LogP contribution in [0.15, 0.2) is 18.6 Å². The Labute approximate surface area is 270 Å². The van der Waals surface area contributed by atoms with E-state index in [0.717, 1.165) is 17.6 Å². The maximum Gasteiger partial charge on any atom is 0.407 e. The van der Waals surface area contributed by atoms with Gasteiger partial charge in [-0.05, 0) is 51.4 Å². The van der Waals surface area contributed by atoms with Crippen molar-refractivity contribution in [2.24, 2.45) is 5.92 Å². The van der Waals surface area contributed by atoms with E-state index in [-0.39, 0.29) is 18.4 Å². The molecule has 248 valence electrons. The molecular formula is C30H46N8O6S. The van der Waals surface area contributed by atoms with Crippen molar-refractivity contribution in [1.29, 1.82) is 5.26 Å². The normalized spacial score (nSPS) is 16.7. The van der Waals surface area contributed by atoms with E-state index in [2.05, 4.69) is 32.4 Å². The Morgan fingerprint density at radius 3 is 2.38 bits per heavy atom. The number of rotatable bonds is 15. The zero-order valence-corrected chi connectivity index (χ0v) is 27.7. The maximum absolute atomic E-state index is 12.4. The van der Waals surface area contributed by atoms with Crippen LogP contribution in [0, 0.1) is 17.2 Å². The van der Waals surface area contributed by atoms with Crippen LogP contribution in [0.4, 0.5) is 10.6 Å². The van der Waals surface area contributed by atoms with Gasteiger partial charge >= 0.3 is 6.09 Å². The number of ether oxygens (including phenoxy) is 4. The van der Waals surface area contributed by atoms with Gasteiger partial charge in [-0.2, -0.15) is 5.26 Å². The number of fused-ring (bicyclic) bond motifs is 1. The van der Waals surface area contributed by atoms with E-state index < -0.39 is 11.7 Å². The minimum atomic E-state index is -0.526. The second-order valence-electron chi connectivity index (χ2n) is 11.7. The lowest BCUT2D eigenvalue weighted by atomic mass is 9.92. The molecule has 2 aromatic heterocycles. The Hall–Kier alpha value is -3.58. The average Bonchev–Trinajstić information content (AvgIpc) is 3.43. The van der Waals surface area contributed by atoms with E-state index >= 15 is 0 Å². The molecular weight excluding hydrogens is 600 g/mol. The molecule has 0 bridgehead atoms. The van der Waals surface area contributed by atoms with Crippen LogP contribution >= 0.6 is 12.2 Å². The molecule has 1 aliphatic heterocycles. The maximum atomic E-state index is 12.4. The molecule has 0 radical (unpaired) electrons. The first kappa shape index (κ1) is 35.9. The number of likely N-dealkylation sites (tertiary alicyclic amines) is 1. The summed E-state index contributed by atoms with van der Waals surface area (Å²) in [5, 5.41) is 16.1. The summed E-state index contributed by atoms with van der Waals surface area (Å²) in [4.78, 5) is 36.9. The molecule has 0 aliphatic carbocycles. The van der Waals surface area contributed by atoms with E-state index in [1.165, 1.54) is 6.33 Å². The highest BCUT2D eigenvalue weighted by Crippen LogP contribution is 2.29. The Morgan fingerprint density at radius 1 is 1.09 bits per heavy atom.